The first-order valence-corrected chi connectivity index (χ1v) is 11.0. The fourth-order valence-electron chi connectivity index (χ4n) is 3.76. The van der Waals surface area contributed by atoms with Crippen molar-refractivity contribution in [1.82, 2.24) is 4.73 Å². The number of rotatable bonds is 7. The monoisotopic (exact) mass is 466 g/mol. The summed E-state index contributed by atoms with van der Waals surface area (Å²) in [5.41, 5.74) is 1.44. The van der Waals surface area contributed by atoms with E-state index in [2.05, 4.69) is 0 Å². The smallest absolute Gasteiger partial charge is 0.357 e. The number of benzene rings is 4. The van der Waals surface area contributed by atoms with Gasteiger partial charge < -0.3 is 19.5 Å². The molecule has 0 N–H and O–H groups in total. The fourth-order valence-corrected chi connectivity index (χ4v) is 3.76. The molecule has 4 aromatic carbocycles. The van der Waals surface area contributed by atoms with Crippen LogP contribution in [-0.4, -0.2) is 11.8 Å². The number of nitrogens with zero attached hydrogens (tertiary/aromatic N) is 2. The summed E-state index contributed by atoms with van der Waals surface area (Å²) in [5.74, 6) is 2.07. The molecule has 0 fully saturated rings. The Hall–Kier alpha value is -4.78. The molecule has 0 unspecified atom stereocenters. The average molecular weight is 466 g/mol. The number of hydrogen-bond donors (Lipinski definition) is 0. The maximum Gasteiger partial charge on any atom is 0.357 e. The molecular formula is C28H22N2O5. The first kappa shape index (κ1) is 22.0. The molecule has 0 aliphatic carbocycles. The van der Waals surface area contributed by atoms with Crippen LogP contribution in [0.2, 0.25) is 0 Å². The van der Waals surface area contributed by atoms with Gasteiger partial charge in [0.15, 0.2) is 5.52 Å². The van der Waals surface area contributed by atoms with E-state index in [9.17, 15) is 10.0 Å². The highest BCUT2D eigenvalue weighted by atomic mass is 16.7. The highest BCUT2D eigenvalue weighted by Gasteiger charge is 2.23. The van der Waals surface area contributed by atoms with Crippen LogP contribution in [0.3, 0.4) is 0 Å². The number of ether oxygens (including phenoxy) is 2. The standard InChI is InChI=1S/C28H22N2O5/c1-33-22-17-13-21(14-18-22)27-28(31)30(26-10-6-5-9-25(26)29(27)32)34-19-20-11-15-24(16-12-20)35-23-7-3-2-4-8-23/h2-18H,19H2,1H3. The maximum absolute atomic E-state index is 13.4. The number of para-hydroxylation sites is 3. The normalized spacial score (nSPS) is 10.8. The van der Waals surface area contributed by atoms with Gasteiger partial charge in [-0.1, -0.05) is 42.5 Å². The SMILES string of the molecule is COc1ccc(-c2c(=O)n(OCc3ccc(Oc4ccccc4)cc3)c3ccccc3[n+]2[O-])cc1. The Morgan fingerprint density at radius 3 is 2.11 bits per heavy atom. The first-order chi connectivity index (χ1) is 17.1. The van der Waals surface area contributed by atoms with Gasteiger partial charge in [0.2, 0.25) is 5.52 Å². The zero-order chi connectivity index (χ0) is 24.2. The Bertz CT molecular complexity index is 1510. The lowest BCUT2D eigenvalue weighted by Gasteiger charge is -2.14. The van der Waals surface area contributed by atoms with Gasteiger partial charge in [-0.25, -0.2) is 0 Å². The molecule has 0 aliphatic rings. The van der Waals surface area contributed by atoms with Crippen LogP contribution in [0.5, 0.6) is 17.2 Å². The molecule has 0 saturated heterocycles. The van der Waals surface area contributed by atoms with Crippen LogP contribution < -0.4 is 24.6 Å². The van der Waals surface area contributed by atoms with Gasteiger partial charge in [0.05, 0.1) is 12.7 Å². The first-order valence-electron chi connectivity index (χ1n) is 11.0. The van der Waals surface area contributed by atoms with Crippen molar-refractivity contribution in [3.8, 4) is 28.5 Å². The summed E-state index contributed by atoms with van der Waals surface area (Å²) in [4.78, 5) is 19.3. The molecule has 0 atom stereocenters. The van der Waals surface area contributed by atoms with Crippen molar-refractivity contribution in [2.45, 2.75) is 6.61 Å². The quantitative estimate of drug-likeness (QED) is 0.256. The predicted molar refractivity (Wildman–Crippen MR) is 132 cm³/mol. The van der Waals surface area contributed by atoms with E-state index in [0.29, 0.717) is 32.8 Å². The largest absolute Gasteiger partial charge is 0.618 e. The highest BCUT2D eigenvalue weighted by molar-refractivity contribution is 5.73. The third-order valence-electron chi connectivity index (χ3n) is 5.54. The van der Waals surface area contributed by atoms with Crippen LogP contribution in [-0.2, 0) is 6.61 Å². The second kappa shape index (κ2) is 9.61. The summed E-state index contributed by atoms with van der Waals surface area (Å²) in [7, 11) is 1.56. The zero-order valence-electron chi connectivity index (χ0n) is 19.0. The molecule has 0 saturated carbocycles. The Kier molecular flexibility index (Phi) is 6.05. The van der Waals surface area contributed by atoms with Gasteiger partial charge in [0.25, 0.3) is 5.69 Å². The fraction of sp³-hybridized carbons (Fsp3) is 0.0714. The Morgan fingerprint density at radius 2 is 1.40 bits per heavy atom. The Morgan fingerprint density at radius 1 is 0.771 bits per heavy atom. The van der Waals surface area contributed by atoms with Crippen molar-refractivity contribution in [3.63, 3.8) is 0 Å². The van der Waals surface area contributed by atoms with E-state index in [4.69, 9.17) is 14.3 Å². The van der Waals surface area contributed by atoms with Crippen LogP contribution in [0.25, 0.3) is 22.3 Å². The van der Waals surface area contributed by atoms with Gasteiger partial charge in [0, 0.05) is 6.07 Å². The minimum Gasteiger partial charge on any atom is -0.618 e. The van der Waals surface area contributed by atoms with Crippen molar-refractivity contribution in [2.75, 3.05) is 7.11 Å². The molecule has 0 radical (unpaired) electrons. The van der Waals surface area contributed by atoms with Crippen LogP contribution in [0.15, 0.2) is 108 Å². The van der Waals surface area contributed by atoms with Gasteiger partial charge in [-0.3, -0.25) is 4.79 Å². The molecule has 7 nitrogen and oxygen atoms in total. The lowest BCUT2D eigenvalue weighted by atomic mass is 10.1. The van der Waals surface area contributed by atoms with Crippen molar-refractivity contribution in [1.29, 1.82) is 0 Å². The van der Waals surface area contributed by atoms with E-state index in [1.54, 1.807) is 55.6 Å². The van der Waals surface area contributed by atoms with E-state index < -0.39 is 5.56 Å². The van der Waals surface area contributed by atoms with Crippen LogP contribution in [0.1, 0.15) is 5.56 Å². The average Bonchev–Trinajstić information content (AvgIpc) is 2.90. The molecule has 5 rings (SSSR count). The number of methoxy groups -OCH3 is 1. The lowest BCUT2D eigenvalue weighted by molar-refractivity contribution is -0.566. The molecule has 174 valence electrons. The molecule has 35 heavy (non-hydrogen) atoms. The van der Waals surface area contributed by atoms with E-state index in [1.165, 1.54) is 4.73 Å². The van der Waals surface area contributed by atoms with E-state index in [-0.39, 0.29) is 12.3 Å². The van der Waals surface area contributed by atoms with Crippen molar-refractivity contribution < 1.29 is 19.0 Å². The molecule has 5 aromatic rings. The molecular weight excluding hydrogens is 444 g/mol. The van der Waals surface area contributed by atoms with E-state index >= 15 is 0 Å². The second-order valence-corrected chi connectivity index (χ2v) is 7.79. The topological polar surface area (TPSA) is 76.6 Å². The summed E-state index contributed by atoms with van der Waals surface area (Å²) in [6.45, 7) is 0.125. The molecule has 0 aliphatic heterocycles. The van der Waals surface area contributed by atoms with E-state index in [1.807, 2.05) is 54.6 Å². The summed E-state index contributed by atoms with van der Waals surface area (Å²) in [6, 6.07) is 30.5. The maximum atomic E-state index is 13.4. The zero-order valence-corrected chi connectivity index (χ0v) is 19.0. The Labute approximate surface area is 201 Å². The van der Waals surface area contributed by atoms with Crippen molar-refractivity contribution in [3.05, 3.63) is 124 Å². The molecule has 0 amide bonds. The van der Waals surface area contributed by atoms with E-state index in [0.717, 1.165) is 11.3 Å². The van der Waals surface area contributed by atoms with Crippen LogP contribution >= 0.6 is 0 Å². The van der Waals surface area contributed by atoms with Gasteiger partial charge >= 0.3 is 5.56 Å². The minimum atomic E-state index is -0.548. The number of aromatic nitrogens is 2. The molecule has 1 aromatic heterocycles. The number of fused-ring (bicyclic) bond motifs is 1. The summed E-state index contributed by atoms with van der Waals surface area (Å²) in [5, 5.41) is 13.1. The molecule has 0 bridgehead atoms. The number of hydrogen-bond acceptors (Lipinski definition) is 5. The van der Waals surface area contributed by atoms with Crippen molar-refractivity contribution in [2.24, 2.45) is 0 Å². The molecule has 1 heterocycles. The van der Waals surface area contributed by atoms with Crippen molar-refractivity contribution >= 4 is 11.0 Å². The Balaban J connectivity index is 1.45. The van der Waals surface area contributed by atoms with Gasteiger partial charge in [-0.05, 0) is 60.2 Å². The minimum absolute atomic E-state index is 0.0297. The van der Waals surface area contributed by atoms with Gasteiger partial charge in [-0.15, -0.1) is 4.73 Å². The highest BCUT2D eigenvalue weighted by Crippen LogP contribution is 2.22. The predicted octanol–water partition coefficient (Wildman–Crippen LogP) is 4.73. The van der Waals surface area contributed by atoms with Gasteiger partial charge in [-0.2, -0.15) is 4.73 Å². The molecule has 0 spiro atoms. The molecule has 7 heteroatoms. The summed E-state index contributed by atoms with van der Waals surface area (Å²) in [6.07, 6.45) is 0. The third kappa shape index (κ3) is 4.52. The summed E-state index contributed by atoms with van der Waals surface area (Å²) >= 11 is 0. The second-order valence-electron chi connectivity index (χ2n) is 7.79. The third-order valence-corrected chi connectivity index (χ3v) is 5.54. The lowest BCUT2D eigenvalue weighted by Crippen LogP contribution is -2.42. The summed E-state index contributed by atoms with van der Waals surface area (Å²) < 4.78 is 12.8. The van der Waals surface area contributed by atoms with Gasteiger partial charge in [0.1, 0.15) is 23.9 Å². The van der Waals surface area contributed by atoms with Crippen LogP contribution in [0, 0.1) is 5.21 Å². The van der Waals surface area contributed by atoms with Crippen LogP contribution in [0.4, 0.5) is 0 Å².